The normalized spacial score (nSPS) is 25.9. The van der Waals surface area contributed by atoms with Crippen molar-refractivity contribution in [2.45, 2.75) is 44.4 Å². The number of hydrogen-bond acceptors (Lipinski definition) is 3. The van der Waals surface area contributed by atoms with Crippen LogP contribution >= 0.6 is 0 Å². The predicted molar refractivity (Wildman–Crippen MR) is 63.1 cm³/mol. The molecular formula is C12H21N3O. The molecule has 4 nitrogen and oxygen atoms in total. The van der Waals surface area contributed by atoms with Gasteiger partial charge in [0.25, 0.3) is 0 Å². The Bertz CT molecular complexity index is 316. The van der Waals surface area contributed by atoms with Crippen molar-refractivity contribution in [3.05, 3.63) is 18.0 Å². The number of aromatic nitrogens is 2. The lowest BCUT2D eigenvalue weighted by Gasteiger charge is -2.28. The molecule has 1 heterocycles. The minimum absolute atomic E-state index is 0.483. The first kappa shape index (κ1) is 11.6. The molecule has 0 bridgehead atoms. The Morgan fingerprint density at radius 1 is 1.44 bits per heavy atom. The van der Waals surface area contributed by atoms with Crippen LogP contribution in [-0.4, -0.2) is 29.0 Å². The molecule has 2 rings (SSSR count). The fraction of sp³-hybridized carbons (Fsp3) is 0.750. The quantitative estimate of drug-likeness (QED) is 0.840. The average molecular weight is 223 g/mol. The summed E-state index contributed by atoms with van der Waals surface area (Å²) in [5.74, 6) is 0. The van der Waals surface area contributed by atoms with E-state index < -0.39 is 0 Å². The molecule has 4 heteroatoms. The zero-order valence-corrected chi connectivity index (χ0v) is 10.1. The number of methoxy groups -OCH3 is 1. The molecule has 0 amide bonds. The van der Waals surface area contributed by atoms with E-state index in [1.165, 1.54) is 31.2 Å². The van der Waals surface area contributed by atoms with Crippen molar-refractivity contribution in [3.8, 4) is 0 Å². The van der Waals surface area contributed by atoms with Crippen LogP contribution in [0.1, 0.15) is 31.2 Å². The van der Waals surface area contributed by atoms with E-state index in [1.807, 2.05) is 25.0 Å². The van der Waals surface area contributed by atoms with Crippen molar-refractivity contribution in [2.75, 3.05) is 7.11 Å². The summed E-state index contributed by atoms with van der Waals surface area (Å²) in [5.41, 5.74) is 1.26. The van der Waals surface area contributed by atoms with E-state index in [-0.39, 0.29) is 0 Å². The summed E-state index contributed by atoms with van der Waals surface area (Å²) < 4.78 is 7.21. The number of nitrogens with zero attached hydrogens (tertiary/aromatic N) is 2. The van der Waals surface area contributed by atoms with Crippen LogP contribution in [0.25, 0.3) is 0 Å². The first-order chi connectivity index (χ1) is 7.78. The summed E-state index contributed by atoms with van der Waals surface area (Å²) in [5, 5.41) is 7.75. The maximum atomic E-state index is 5.36. The molecule has 90 valence electrons. The van der Waals surface area contributed by atoms with E-state index in [0.717, 1.165) is 6.54 Å². The zero-order chi connectivity index (χ0) is 11.4. The van der Waals surface area contributed by atoms with Gasteiger partial charge in [0.1, 0.15) is 0 Å². The van der Waals surface area contributed by atoms with Crippen molar-refractivity contribution in [2.24, 2.45) is 7.05 Å². The molecule has 0 aliphatic heterocycles. The second-order valence-electron chi connectivity index (χ2n) is 4.61. The Labute approximate surface area is 97.0 Å². The van der Waals surface area contributed by atoms with Crippen molar-refractivity contribution < 1.29 is 4.74 Å². The average Bonchev–Trinajstić information content (AvgIpc) is 2.73. The Morgan fingerprint density at radius 3 is 2.75 bits per heavy atom. The van der Waals surface area contributed by atoms with E-state index in [2.05, 4.69) is 16.6 Å². The first-order valence-electron chi connectivity index (χ1n) is 6.01. The number of rotatable bonds is 4. The molecule has 16 heavy (non-hydrogen) atoms. The fourth-order valence-corrected chi connectivity index (χ4v) is 2.33. The molecule has 0 saturated heterocycles. The molecule has 0 radical (unpaired) electrons. The Balaban J connectivity index is 1.71. The number of nitrogens with one attached hydrogen (secondary N) is 1. The van der Waals surface area contributed by atoms with Gasteiger partial charge in [-0.25, -0.2) is 0 Å². The lowest BCUT2D eigenvalue weighted by atomic mass is 9.93. The summed E-state index contributed by atoms with van der Waals surface area (Å²) in [7, 11) is 3.77. The van der Waals surface area contributed by atoms with Crippen LogP contribution in [0, 0.1) is 0 Å². The molecule has 1 fully saturated rings. The van der Waals surface area contributed by atoms with Crippen LogP contribution < -0.4 is 5.32 Å². The largest absolute Gasteiger partial charge is 0.381 e. The van der Waals surface area contributed by atoms with Gasteiger partial charge in [0.2, 0.25) is 0 Å². The van der Waals surface area contributed by atoms with Crippen molar-refractivity contribution >= 4 is 0 Å². The maximum absolute atomic E-state index is 5.36. The molecule has 1 saturated carbocycles. The number of aryl methyl sites for hydroxylation is 1. The topological polar surface area (TPSA) is 39.1 Å². The fourth-order valence-electron chi connectivity index (χ4n) is 2.33. The number of hydrogen-bond donors (Lipinski definition) is 1. The van der Waals surface area contributed by atoms with Gasteiger partial charge in [0, 0.05) is 38.5 Å². The van der Waals surface area contributed by atoms with Gasteiger partial charge in [-0.15, -0.1) is 0 Å². The molecule has 0 atom stereocenters. The van der Waals surface area contributed by atoms with Gasteiger partial charge in [-0.05, 0) is 25.7 Å². The Morgan fingerprint density at radius 2 is 2.19 bits per heavy atom. The van der Waals surface area contributed by atoms with Crippen molar-refractivity contribution in [1.82, 2.24) is 15.1 Å². The highest BCUT2D eigenvalue weighted by molar-refractivity contribution is 5.03. The zero-order valence-electron chi connectivity index (χ0n) is 10.1. The van der Waals surface area contributed by atoms with E-state index in [0.29, 0.717) is 12.1 Å². The SMILES string of the molecule is COC1CCC(NCc2cnn(C)c2)CC1. The standard InChI is InChI=1S/C12H21N3O/c1-15-9-10(8-14-15)7-13-11-3-5-12(16-2)6-4-11/h8-9,11-13H,3-7H2,1-2H3. The van der Waals surface area contributed by atoms with Gasteiger partial charge in [-0.3, -0.25) is 4.68 Å². The van der Waals surface area contributed by atoms with Crippen molar-refractivity contribution in [1.29, 1.82) is 0 Å². The molecular weight excluding hydrogens is 202 g/mol. The van der Waals surface area contributed by atoms with Gasteiger partial charge in [-0.1, -0.05) is 0 Å². The molecule has 0 unspecified atom stereocenters. The third kappa shape index (κ3) is 3.06. The molecule has 1 aromatic rings. The smallest absolute Gasteiger partial charge is 0.0572 e. The molecule has 1 aliphatic rings. The van der Waals surface area contributed by atoms with Crippen LogP contribution in [0.2, 0.25) is 0 Å². The molecule has 0 aromatic carbocycles. The third-order valence-corrected chi connectivity index (χ3v) is 3.36. The Hall–Kier alpha value is -0.870. The van der Waals surface area contributed by atoms with E-state index >= 15 is 0 Å². The van der Waals surface area contributed by atoms with Crippen molar-refractivity contribution in [3.63, 3.8) is 0 Å². The minimum atomic E-state index is 0.483. The second-order valence-corrected chi connectivity index (χ2v) is 4.61. The van der Waals surface area contributed by atoms with E-state index in [4.69, 9.17) is 4.74 Å². The molecule has 0 spiro atoms. The van der Waals surface area contributed by atoms with E-state index in [1.54, 1.807) is 0 Å². The highest BCUT2D eigenvalue weighted by Gasteiger charge is 2.20. The van der Waals surface area contributed by atoms with Gasteiger partial charge < -0.3 is 10.1 Å². The van der Waals surface area contributed by atoms with Crippen LogP contribution in [0.3, 0.4) is 0 Å². The van der Waals surface area contributed by atoms with E-state index in [9.17, 15) is 0 Å². The lowest BCUT2D eigenvalue weighted by Crippen LogP contribution is -2.34. The van der Waals surface area contributed by atoms with Crippen LogP contribution in [-0.2, 0) is 18.3 Å². The molecule has 1 N–H and O–H groups in total. The summed E-state index contributed by atoms with van der Waals surface area (Å²) in [6, 6.07) is 0.645. The highest BCUT2D eigenvalue weighted by Crippen LogP contribution is 2.20. The monoisotopic (exact) mass is 223 g/mol. The first-order valence-corrected chi connectivity index (χ1v) is 6.01. The van der Waals surface area contributed by atoms with Gasteiger partial charge in [-0.2, -0.15) is 5.10 Å². The number of ether oxygens (including phenoxy) is 1. The van der Waals surface area contributed by atoms with Gasteiger partial charge in [0.05, 0.1) is 12.3 Å². The highest BCUT2D eigenvalue weighted by atomic mass is 16.5. The van der Waals surface area contributed by atoms with Gasteiger partial charge >= 0.3 is 0 Å². The minimum Gasteiger partial charge on any atom is -0.381 e. The van der Waals surface area contributed by atoms with Crippen LogP contribution in [0.4, 0.5) is 0 Å². The summed E-state index contributed by atoms with van der Waals surface area (Å²) in [6.45, 7) is 0.927. The predicted octanol–water partition coefficient (Wildman–Crippen LogP) is 1.47. The van der Waals surface area contributed by atoms with Crippen LogP contribution in [0.5, 0.6) is 0 Å². The summed E-state index contributed by atoms with van der Waals surface area (Å²) in [4.78, 5) is 0. The molecule has 1 aliphatic carbocycles. The summed E-state index contributed by atoms with van der Waals surface area (Å²) >= 11 is 0. The van der Waals surface area contributed by atoms with Crippen LogP contribution in [0.15, 0.2) is 12.4 Å². The lowest BCUT2D eigenvalue weighted by molar-refractivity contribution is 0.0624. The third-order valence-electron chi connectivity index (χ3n) is 3.36. The second kappa shape index (κ2) is 5.46. The maximum Gasteiger partial charge on any atom is 0.0572 e. The summed E-state index contributed by atoms with van der Waals surface area (Å²) in [6.07, 6.45) is 9.28. The van der Waals surface area contributed by atoms with Gasteiger partial charge in [0.15, 0.2) is 0 Å². The Kier molecular flexibility index (Phi) is 3.96. The molecule has 1 aromatic heterocycles.